The van der Waals surface area contributed by atoms with Crippen LogP contribution in [-0.2, 0) is 9.47 Å². The van der Waals surface area contributed by atoms with Crippen LogP contribution in [0.25, 0.3) is 0 Å². The van der Waals surface area contributed by atoms with E-state index < -0.39 is 0 Å². The van der Waals surface area contributed by atoms with Crippen molar-refractivity contribution in [2.75, 3.05) is 32.9 Å². The lowest BCUT2D eigenvalue weighted by atomic mass is 10.1. The lowest BCUT2D eigenvalue weighted by molar-refractivity contribution is 0.00444. The van der Waals surface area contributed by atoms with Crippen molar-refractivity contribution < 1.29 is 9.47 Å². The first-order valence-electron chi connectivity index (χ1n) is 7.24. The van der Waals surface area contributed by atoms with Crippen LogP contribution in [0.1, 0.15) is 37.5 Å². The Morgan fingerprint density at radius 2 is 2.00 bits per heavy atom. The zero-order valence-corrected chi connectivity index (χ0v) is 12.4. The van der Waals surface area contributed by atoms with Gasteiger partial charge in [-0.05, 0) is 25.5 Å². The van der Waals surface area contributed by atoms with Gasteiger partial charge in [0.15, 0.2) is 0 Å². The van der Waals surface area contributed by atoms with Gasteiger partial charge < -0.3 is 14.8 Å². The van der Waals surface area contributed by atoms with Crippen molar-refractivity contribution in [2.45, 2.75) is 33.3 Å². The van der Waals surface area contributed by atoms with Crippen molar-refractivity contribution >= 4 is 0 Å². The van der Waals surface area contributed by atoms with Gasteiger partial charge in [-0.15, -0.1) is 0 Å². The maximum atomic E-state index is 5.94. The fraction of sp³-hybridized carbons (Fsp3) is 0.625. The van der Waals surface area contributed by atoms with E-state index in [2.05, 4.69) is 50.4 Å². The van der Waals surface area contributed by atoms with Crippen LogP contribution in [0.5, 0.6) is 0 Å². The molecular formula is C16H27NO2. The van der Waals surface area contributed by atoms with Crippen LogP contribution >= 0.6 is 0 Å². The molecule has 0 aliphatic rings. The minimum Gasteiger partial charge on any atom is -0.379 e. The molecule has 0 fully saturated rings. The molecule has 0 saturated heterocycles. The molecule has 0 spiro atoms. The number of likely N-dealkylation sites (N-methyl/N-ethyl adjacent to an activating group) is 1. The highest BCUT2D eigenvalue weighted by atomic mass is 16.5. The normalized spacial score (nSPS) is 12.6. The van der Waals surface area contributed by atoms with Gasteiger partial charge in [0.05, 0.1) is 19.3 Å². The number of benzene rings is 1. The molecule has 0 aliphatic carbocycles. The van der Waals surface area contributed by atoms with Gasteiger partial charge in [-0.25, -0.2) is 0 Å². The summed E-state index contributed by atoms with van der Waals surface area (Å²) in [6, 6.07) is 8.51. The summed E-state index contributed by atoms with van der Waals surface area (Å²) in [5, 5.41) is 3.35. The van der Waals surface area contributed by atoms with Gasteiger partial charge in [-0.1, -0.05) is 43.7 Å². The summed E-state index contributed by atoms with van der Waals surface area (Å²) in [6.07, 6.45) is 1.16. The fourth-order valence-electron chi connectivity index (χ4n) is 1.91. The third kappa shape index (κ3) is 6.71. The Kier molecular flexibility index (Phi) is 8.47. The van der Waals surface area contributed by atoms with Crippen molar-refractivity contribution in [3.63, 3.8) is 0 Å². The van der Waals surface area contributed by atoms with Crippen molar-refractivity contribution in [1.29, 1.82) is 0 Å². The lowest BCUT2D eigenvalue weighted by Crippen LogP contribution is -2.24. The zero-order chi connectivity index (χ0) is 13.9. The van der Waals surface area contributed by atoms with E-state index in [1.165, 1.54) is 11.1 Å². The monoisotopic (exact) mass is 265 g/mol. The first-order valence-corrected chi connectivity index (χ1v) is 7.24. The molecule has 1 unspecified atom stereocenters. The Morgan fingerprint density at radius 1 is 1.16 bits per heavy atom. The Bertz CT molecular complexity index is 341. The maximum Gasteiger partial charge on any atom is 0.0950 e. The molecule has 1 rings (SSSR count). The quantitative estimate of drug-likeness (QED) is 0.659. The highest BCUT2D eigenvalue weighted by molar-refractivity contribution is 5.24. The summed E-state index contributed by atoms with van der Waals surface area (Å²) in [6.45, 7) is 10.3. The zero-order valence-electron chi connectivity index (χ0n) is 12.4. The molecule has 108 valence electrons. The summed E-state index contributed by atoms with van der Waals surface area (Å²) in [5.41, 5.74) is 2.50. The van der Waals surface area contributed by atoms with Crippen molar-refractivity contribution in [2.24, 2.45) is 0 Å². The second kappa shape index (κ2) is 9.96. The van der Waals surface area contributed by atoms with Crippen LogP contribution in [-0.4, -0.2) is 32.9 Å². The molecule has 0 bridgehead atoms. The van der Waals surface area contributed by atoms with E-state index in [-0.39, 0.29) is 6.10 Å². The molecule has 3 heteroatoms. The number of aryl methyl sites for hydroxylation is 1. The molecule has 3 nitrogen and oxygen atoms in total. The predicted octanol–water partition coefficient (Wildman–Crippen LogP) is 3.09. The second-order valence-electron chi connectivity index (χ2n) is 4.69. The smallest absolute Gasteiger partial charge is 0.0950 e. The summed E-state index contributed by atoms with van der Waals surface area (Å²) < 4.78 is 11.4. The number of nitrogens with one attached hydrogen (secondary N) is 1. The van der Waals surface area contributed by atoms with E-state index in [0.717, 1.165) is 26.1 Å². The summed E-state index contributed by atoms with van der Waals surface area (Å²) >= 11 is 0. The van der Waals surface area contributed by atoms with E-state index in [9.17, 15) is 0 Å². The van der Waals surface area contributed by atoms with Crippen molar-refractivity contribution in [1.82, 2.24) is 5.32 Å². The Morgan fingerprint density at radius 3 is 2.68 bits per heavy atom. The molecular weight excluding hydrogens is 238 g/mol. The molecule has 0 saturated carbocycles. The Hall–Kier alpha value is -0.900. The Balaban J connectivity index is 2.47. The van der Waals surface area contributed by atoms with Crippen molar-refractivity contribution in [3.8, 4) is 0 Å². The summed E-state index contributed by atoms with van der Waals surface area (Å²) in [7, 11) is 0. The standard InChI is InChI=1S/C16H27NO2/c1-4-9-18-10-11-19-16(13-17-5-2)15-8-6-7-14(3)12-15/h6-8,12,16-17H,4-5,9-11,13H2,1-3H3. The minimum atomic E-state index is 0.102. The number of hydrogen-bond acceptors (Lipinski definition) is 3. The van der Waals surface area contributed by atoms with Gasteiger partial charge in [0.1, 0.15) is 0 Å². The van der Waals surface area contributed by atoms with Crippen LogP contribution in [0.4, 0.5) is 0 Å². The third-order valence-electron chi connectivity index (χ3n) is 2.89. The molecule has 1 aromatic rings. The maximum absolute atomic E-state index is 5.94. The van der Waals surface area contributed by atoms with Gasteiger partial charge in [0.25, 0.3) is 0 Å². The highest BCUT2D eigenvalue weighted by Gasteiger charge is 2.11. The largest absolute Gasteiger partial charge is 0.379 e. The van der Waals surface area contributed by atoms with E-state index in [1.807, 2.05) is 0 Å². The molecule has 1 N–H and O–H groups in total. The molecule has 0 aromatic heterocycles. The number of hydrogen-bond donors (Lipinski definition) is 1. The molecule has 1 aromatic carbocycles. The third-order valence-corrected chi connectivity index (χ3v) is 2.89. The fourth-order valence-corrected chi connectivity index (χ4v) is 1.91. The molecule has 1 atom stereocenters. The van der Waals surface area contributed by atoms with E-state index >= 15 is 0 Å². The van der Waals surface area contributed by atoms with Crippen LogP contribution in [0.15, 0.2) is 24.3 Å². The average molecular weight is 265 g/mol. The number of ether oxygens (including phenoxy) is 2. The summed E-state index contributed by atoms with van der Waals surface area (Å²) in [4.78, 5) is 0. The first-order chi connectivity index (χ1) is 9.27. The van der Waals surface area contributed by atoms with E-state index in [4.69, 9.17) is 9.47 Å². The average Bonchev–Trinajstić information content (AvgIpc) is 2.42. The van der Waals surface area contributed by atoms with E-state index in [0.29, 0.717) is 13.2 Å². The van der Waals surface area contributed by atoms with E-state index in [1.54, 1.807) is 0 Å². The SMILES string of the molecule is CCCOCCOC(CNCC)c1cccc(C)c1. The molecule has 19 heavy (non-hydrogen) atoms. The van der Waals surface area contributed by atoms with Crippen LogP contribution < -0.4 is 5.32 Å². The lowest BCUT2D eigenvalue weighted by Gasteiger charge is -2.19. The van der Waals surface area contributed by atoms with Gasteiger partial charge in [-0.2, -0.15) is 0 Å². The first kappa shape index (κ1) is 16.2. The van der Waals surface area contributed by atoms with Gasteiger partial charge >= 0.3 is 0 Å². The van der Waals surface area contributed by atoms with Crippen molar-refractivity contribution in [3.05, 3.63) is 35.4 Å². The minimum absolute atomic E-state index is 0.102. The van der Waals surface area contributed by atoms with Gasteiger partial charge in [-0.3, -0.25) is 0 Å². The summed E-state index contributed by atoms with van der Waals surface area (Å²) in [5.74, 6) is 0. The van der Waals surface area contributed by atoms with Crippen LogP contribution in [0.2, 0.25) is 0 Å². The predicted molar refractivity (Wildman–Crippen MR) is 79.5 cm³/mol. The number of rotatable bonds is 10. The highest BCUT2D eigenvalue weighted by Crippen LogP contribution is 2.17. The molecule has 0 heterocycles. The molecule has 0 aliphatic heterocycles. The van der Waals surface area contributed by atoms with Gasteiger partial charge in [0.2, 0.25) is 0 Å². The van der Waals surface area contributed by atoms with Gasteiger partial charge in [0, 0.05) is 13.2 Å². The Labute approximate surface area is 117 Å². The van der Waals surface area contributed by atoms with Crippen LogP contribution in [0, 0.1) is 6.92 Å². The molecule has 0 radical (unpaired) electrons. The topological polar surface area (TPSA) is 30.5 Å². The second-order valence-corrected chi connectivity index (χ2v) is 4.69. The molecule has 0 amide bonds. The van der Waals surface area contributed by atoms with Crippen LogP contribution in [0.3, 0.4) is 0 Å².